The summed E-state index contributed by atoms with van der Waals surface area (Å²) in [6.45, 7) is 0.942. The molecule has 1 heterocycles. The predicted molar refractivity (Wildman–Crippen MR) is 109 cm³/mol. The number of nitrogens with zero attached hydrogens (tertiary/aromatic N) is 1. The Kier molecular flexibility index (Phi) is 6.62. The first-order valence-electron chi connectivity index (χ1n) is 9.27. The molecule has 3 rings (SSSR count). The van der Waals surface area contributed by atoms with Crippen molar-refractivity contribution in [3.05, 3.63) is 36.4 Å². The smallest absolute Gasteiger partial charge is 0.469 e. The van der Waals surface area contributed by atoms with Gasteiger partial charge in [0.25, 0.3) is 0 Å². The zero-order valence-corrected chi connectivity index (χ0v) is 17.0. The molecule has 0 spiro atoms. The average molecular weight is 407 g/mol. The minimum Gasteiger partial charge on any atom is -0.497 e. The highest BCUT2D eigenvalue weighted by atomic mass is 31.2. The van der Waals surface area contributed by atoms with Crippen molar-refractivity contribution in [3.63, 3.8) is 0 Å². The molecule has 3 aromatic rings. The molecule has 7 nitrogen and oxygen atoms in total. The Bertz CT molecular complexity index is 932. The Labute approximate surface area is 164 Å². The van der Waals surface area contributed by atoms with Crippen LogP contribution in [0.15, 0.2) is 36.4 Å². The topological polar surface area (TPSA) is 90.2 Å². The maximum absolute atomic E-state index is 10.7. The van der Waals surface area contributed by atoms with E-state index in [9.17, 15) is 4.57 Å². The van der Waals surface area contributed by atoms with Crippen LogP contribution in [-0.4, -0.2) is 35.2 Å². The van der Waals surface area contributed by atoms with Crippen molar-refractivity contribution in [2.45, 2.75) is 32.2 Å². The summed E-state index contributed by atoms with van der Waals surface area (Å²) in [6.07, 6.45) is 3.41. The highest BCUT2D eigenvalue weighted by molar-refractivity contribution is 7.46. The lowest BCUT2D eigenvalue weighted by atomic mass is 10.1. The number of unbranched alkanes of at least 4 members (excludes halogenated alkanes) is 3. The SMILES string of the molecule is COc1ccc2c(c1)c1cc(OC)ccc1n2CCCCCCOP(=O)(O)O. The molecule has 2 N–H and O–H groups in total. The number of phosphoric acid groups is 1. The number of hydrogen-bond acceptors (Lipinski definition) is 4. The van der Waals surface area contributed by atoms with E-state index < -0.39 is 7.82 Å². The molecule has 0 atom stereocenters. The first-order chi connectivity index (χ1) is 13.4. The molecule has 2 aromatic carbocycles. The minimum atomic E-state index is -4.35. The predicted octanol–water partition coefficient (Wildman–Crippen LogP) is 4.48. The van der Waals surface area contributed by atoms with Gasteiger partial charge in [-0.1, -0.05) is 12.8 Å². The number of ether oxygens (including phenoxy) is 2. The largest absolute Gasteiger partial charge is 0.497 e. The van der Waals surface area contributed by atoms with Crippen molar-refractivity contribution in [2.24, 2.45) is 0 Å². The van der Waals surface area contributed by atoms with Crippen LogP contribution >= 0.6 is 7.82 Å². The lowest BCUT2D eigenvalue weighted by Gasteiger charge is -2.09. The van der Waals surface area contributed by atoms with E-state index in [4.69, 9.17) is 19.3 Å². The van der Waals surface area contributed by atoms with E-state index in [1.54, 1.807) is 14.2 Å². The molecule has 0 saturated heterocycles. The Morgan fingerprint density at radius 2 is 1.39 bits per heavy atom. The van der Waals surface area contributed by atoms with Crippen LogP contribution < -0.4 is 9.47 Å². The van der Waals surface area contributed by atoms with Crippen LogP contribution in [0, 0.1) is 0 Å². The third-order valence-electron chi connectivity index (χ3n) is 4.81. The lowest BCUT2D eigenvalue weighted by molar-refractivity contribution is 0.193. The van der Waals surface area contributed by atoms with Gasteiger partial charge in [0.1, 0.15) is 11.5 Å². The van der Waals surface area contributed by atoms with Crippen molar-refractivity contribution in [1.82, 2.24) is 4.57 Å². The van der Waals surface area contributed by atoms with Gasteiger partial charge in [0, 0.05) is 28.4 Å². The van der Waals surface area contributed by atoms with Crippen molar-refractivity contribution >= 4 is 29.6 Å². The summed E-state index contributed by atoms with van der Waals surface area (Å²) in [5.74, 6) is 1.64. The van der Waals surface area contributed by atoms with Gasteiger partial charge in [0.15, 0.2) is 0 Å². The van der Waals surface area contributed by atoms with E-state index in [-0.39, 0.29) is 6.61 Å². The number of rotatable bonds is 10. The number of fused-ring (bicyclic) bond motifs is 3. The zero-order valence-electron chi connectivity index (χ0n) is 16.1. The van der Waals surface area contributed by atoms with Gasteiger partial charge in [-0.15, -0.1) is 0 Å². The molecular weight excluding hydrogens is 381 g/mol. The molecule has 0 fully saturated rings. The highest BCUT2D eigenvalue weighted by Crippen LogP contribution is 2.36. The number of benzene rings is 2. The molecule has 0 aliphatic rings. The fourth-order valence-electron chi connectivity index (χ4n) is 3.47. The second-order valence-corrected chi connectivity index (χ2v) is 7.90. The number of methoxy groups -OCH3 is 2. The van der Waals surface area contributed by atoms with Crippen LogP contribution in [-0.2, 0) is 15.6 Å². The number of aromatic nitrogens is 1. The first-order valence-corrected chi connectivity index (χ1v) is 10.8. The number of phosphoric ester groups is 1. The first kappa shape index (κ1) is 20.7. The highest BCUT2D eigenvalue weighted by Gasteiger charge is 2.13. The van der Waals surface area contributed by atoms with Crippen molar-refractivity contribution < 1.29 is 28.3 Å². The van der Waals surface area contributed by atoms with Gasteiger partial charge in [-0.3, -0.25) is 4.52 Å². The summed E-state index contributed by atoms with van der Waals surface area (Å²) >= 11 is 0. The molecule has 0 unspecified atom stereocenters. The Morgan fingerprint density at radius 3 is 1.89 bits per heavy atom. The summed E-state index contributed by atoms with van der Waals surface area (Å²) in [6, 6.07) is 12.2. The van der Waals surface area contributed by atoms with Crippen LogP contribution in [0.5, 0.6) is 11.5 Å². The molecule has 0 amide bonds. The van der Waals surface area contributed by atoms with Crippen LogP contribution in [0.2, 0.25) is 0 Å². The van der Waals surface area contributed by atoms with Gasteiger partial charge in [-0.05, 0) is 49.2 Å². The van der Waals surface area contributed by atoms with Gasteiger partial charge in [-0.25, -0.2) is 4.57 Å². The summed E-state index contributed by atoms with van der Waals surface area (Å²) in [5.41, 5.74) is 2.29. The second-order valence-electron chi connectivity index (χ2n) is 6.66. The number of aryl methyl sites for hydroxylation is 1. The van der Waals surface area contributed by atoms with Gasteiger partial charge >= 0.3 is 7.82 Å². The fraction of sp³-hybridized carbons (Fsp3) is 0.400. The van der Waals surface area contributed by atoms with Gasteiger partial charge in [-0.2, -0.15) is 0 Å². The molecule has 0 radical (unpaired) electrons. The zero-order chi connectivity index (χ0) is 20.1. The third kappa shape index (κ3) is 4.86. The summed E-state index contributed by atoms with van der Waals surface area (Å²) in [4.78, 5) is 17.4. The molecule has 0 aliphatic heterocycles. The van der Waals surface area contributed by atoms with E-state index in [2.05, 4.69) is 21.2 Å². The molecular formula is C20H26NO6P. The van der Waals surface area contributed by atoms with E-state index in [0.29, 0.717) is 6.42 Å². The van der Waals surface area contributed by atoms with Crippen molar-refractivity contribution in [1.29, 1.82) is 0 Å². The molecule has 0 saturated carbocycles. The normalized spacial score (nSPS) is 12.0. The van der Waals surface area contributed by atoms with E-state index in [1.807, 2.05) is 24.3 Å². The third-order valence-corrected chi connectivity index (χ3v) is 5.33. The molecule has 0 bridgehead atoms. The molecule has 1 aromatic heterocycles. The van der Waals surface area contributed by atoms with Gasteiger partial charge < -0.3 is 23.8 Å². The number of hydrogen-bond donors (Lipinski definition) is 2. The fourth-order valence-corrected chi connectivity index (χ4v) is 3.83. The van der Waals surface area contributed by atoms with E-state index in [1.165, 1.54) is 0 Å². The quantitative estimate of drug-likeness (QED) is 0.380. The van der Waals surface area contributed by atoms with Crippen LogP contribution in [0.3, 0.4) is 0 Å². The van der Waals surface area contributed by atoms with Crippen LogP contribution in [0.1, 0.15) is 25.7 Å². The van der Waals surface area contributed by atoms with Crippen LogP contribution in [0.4, 0.5) is 0 Å². The summed E-state index contributed by atoms with van der Waals surface area (Å²) < 4.78 is 28.2. The Morgan fingerprint density at radius 1 is 0.857 bits per heavy atom. The molecule has 28 heavy (non-hydrogen) atoms. The minimum absolute atomic E-state index is 0.0826. The van der Waals surface area contributed by atoms with Crippen molar-refractivity contribution in [3.8, 4) is 11.5 Å². The Hall–Kier alpha value is -2.05. The molecule has 8 heteroatoms. The van der Waals surface area contributed by atoms with E-state index >= 15 is 0 Å². The standard InChI is InChI=1S/C20H26NO6P/c1-25-15-7-9-19-17(13-15)18-14-16(26-2)8-10-20(18)21(19)11-5-3-4-6-12-27-28(22,23)24/h7-10,13-14H,3-6,11-12H2,1-2H3,(H2,22,23,24). The maximum atomic E-state index is 10.7. The van der Waals surface area contributed by atoms with E-state index in [0.717, 1.165) is 59.1 Å². The second kappa shape index (κ2) is 8.97. The summed E-state index contributed by atoms with van der Waals surface area (Å²) in [5, 5.41) is 2.26. The molecule has 0 aliphatic carbocycles. The maximum Gasteiger partial charge on any atom is 0.469 e. The summed E-state index contributed by atoms with van der Waals surface area (Å²) in [7, 11) is -1.03. The molecule has 152 valence electrons. The van der Waals surface area contributed by atoms with Gasteiger partial charge in [0.2, 0.25) is 0 Å². The Balaban J connectivity index is 1.73. The lowest BCUT2D eigenvalue weighted by Crippen LogP contribution is -1.98. The van der Waals surface area contributed by atoms with Crippen LogP contribution in [0.25, 0.3) is 21.8 Å². The van der Waals surface area contributed by atoms with Crippen molar-refractivity contribution in [2.75, 3.05) is 20.8 Å². The monoisotopic (exact) mass is 407 g/mol. The van der Waals surface area contributed by atoms with Gasteiger partial charge in [0.05, 0.1) is 20.8 Å². The average Bonchev–Trinajstić information content (AvgIpc) is 2.98.